The van der Waals surface area contributed by atoms with Crippen molar-refractivity contribution >= 4 is 22.5 Å². The van der Waals surface area contributed by atoms with E-state index in [-0.39, 0.29) is 5.91 Å². The molecule has 4 heteroatoms. The summed E-state index contributed by atoms with van der Waals surface area (Å²) in [6.07, 6.45) is 2.21. The Morgan fingerprint density at radius 3 is 2.86 bits per heavy atom. The second kappa shape index (κ2) is 5.93. The minimum atomic E-state index is -0.0614. The Kier molecular flexibility index (Phi) is 3.83. The Bertz CT molecular complexity index is 821. The molecule has 2 aromatic carbocycles. The number of aromatic amines is 1. The molecule has 0 saturated carbocycles. The second-order valence-corrected chi connectivity index (χ2v) is 5.29. The summed E-state index contributed by atoms with van der Waals surface area (Å²) in [6.45, 7) is 1.98. The molecule has 0 unspecified atom stereocenters. The summed E-state index contributed by atoms with van der Waals surface area (Å²) in [6, 6.07) is 13.7. The Labute approximate surface area is 129 Å². The predicted molar refractivity (Wildman–Crippen MR) is 88.4 cm³/mol. The van der Waals surface area contributed by atoms with E-state index in [2.05, 4.69) is 10.3 Å². The molecular formula is C18H18N2O2. The number of ether oxygens (including phenoxy) is 1. The smallest absolute Gasteiger partial charge is 0.228 e. The summed E-state index contributed by atoms with van der Waals surface area (Å²) in [7, 11) is 1.60. The third kappa shape index (κ3) is 2.81. The van der Waals surface area contributed by atoms with Crippen molar-refractivity contribution in [3.8, 4) is 5.75 Å². The lowest BCUT2D eigenvalue weighted by Gasteiger charge is -2.10. The number of benzene rings is 2. The van der Waals surface area contributed by atoms with Gasteiger partial charge in [-0.05, 0) is 36.2 Å². The average molecular weight is 294 g/mol. The lowest BCUT2D eigenvalue weighted by Crippen LogP contribution is -2.15. The van der Waals surface area contributed by atoms with Gasteiger partial charge in [-0.2, -0.15) is 0 Å². The van der Waals surface area contributed by atoms with Gasteiger partial charge in [0.25, 0.3) is 0 Å². The zero-order valence-corrected chi connectivity index (χ0v) is 12.6. The summed E-state index contributed by atoms with van der Waals surface area (Å²) in [5.41, 5.74) is 3.80. The quantitative estimate of drug-likeness (QED) is 0.771. The first kappa shape index (κ1) is 14.2. The molecular weight excluding hydrogens is 276 g/mol. The highest BCUT2D eigenvalue weighted by Crippen LogP contribution is 2.26. The van der Waals surface area contributed by atoms with Crippen LogP contribution in [0.1, 0.15) is 11.1 Å². The number of anilines is 1. The van der Waals surface area contributed by atoms with Gasteiger partial charge < -0.3 is 15.0 Å². The lowest BCUT2D eigenvalue weighted by molar-refractivity contribution is -0.115. The lowest BCUT2D eigenvalue weighted by atomic mass is 10.1. The Balaban J connectivity index is 1.79. The van der Waals surface area contributed by atoms with Gasteiger partial charge in [-0.25, -0.2) is 0 Å². The highest BCUT2D eigenvalue weighted by molar-refractivity contribution is 5.96. The van der Waals surface area contributed by atoms with Crippen molar-refractivity contribution < 1.29 is 9.53 Å². The highest BCUT2D eigenvalue weighted by atomic mass is 16.5. The van der Waals surface area contributed by atoms with Gasteiger partial charge in [0, 0.05) is 17.1 Å². The van der Waals surface area contributed by atoms with Crippen LogP contribution in [-0.4, -0.2) is 18.0 Å². The standard InChI is InChI=1S/C18H18N2O2/c1-12-7-8-17(22-2)16(9-12)20-18(21)10-13-11-19-15-6-4-3-5-14(13)15/h3-9,11,19H,10H2,1-2H3,(H,20,21). The van der Waals surface area contributed by atoms with Crippen LogP contribution in [0.2, 0.25) is 0 Å². The predicted octanol–water partition coefficient (Wildman–Crippen LogP) is 3.67. The van der Waals surface area contributed by atoms with Crippen LogP contribution in [0.4, 0.5) is 5.69 Å². The summed E-state index contributed by atoms with van der Waals surface area (Å²) >= 11 is 0. The number of H-pyrrole nitrogens is 1. The van der Waals surface area contributed by atoms with Gasteiger partial charge in [0.15, 0.2) is 0 Å². The summed E-state index contributed by atoms with van der Waals surface area (Å²) in [5, 5.41) is 4.01. The van der Waals surface area contributed by atoms with E-state index < -0.39 is 0 Å². The van der Waals surface area contributed by atoms with E-state index in [4.69, 9.17) is 4.74 Å². The van der Waals surface area contributed by atoms with Crippen molar-refractivity contribution in [1.82, 2.24) is 4.98 Å². The molecule has 22 heavy (non-hydrogen) atoms. The first-order valence-electron chi connectivity index (χ1n) is 7.17. The summed E-state index contributed by atoms with van der Waals surface area (Å²) in [4.78, 5) is 15.5. The number of carbonyl (C=O) groups excluding carboxylic acids is 1. The topological polar surface area (TPSA) is 54.1 Å². The molecule has 0 bridgehead atoms. The second-order valence-electron chi connectivity index (χ2n) is 5.29. The van der Waals surface area contributed by atoms with Crippen LogP contribution in [0.3, 0.4) is 0 Å². The number of para-hydroxylation sites is 1. The third-order valence-electron chi connectivity index (χ3n) is 3.65. The van der Waals surface area contributed by atoms with E-state index in [0.717, 1.165) is 22.0 Å². The van der Waals surface area contributed by atoms with Crippen LogP contribution in [0.5, 0.6) is 5.75 Å². The van der Waals surface area contributed by atoms with Crippen molar-refractivity contribution in [1.29, 1.82) is 0 Å². The van der Waals surface area contributed by atoms with E-state index >= 15 is 0 Å². The van der Waals surface area contributed by atoms with Crippen LogP contribution >= 0.6 is 0 Å². The molecule has 0 atom stereocenters. The number of amides is 1. The first-order chi connectivity index (χ1) is 10.7. The molecule has 0 spiro atoms. The third-order valence-corrected chi connectivity index (χ3v) is 3.65. The largest absolute Gasteiger partial charge is 0.495 e. The van der Waals surface area contributed by atoms with Crippen molar-refractivity contribution in [3.63, 3.8) is 0 Å². The molecule has 0 aliphatic heterocycles. The molecule has 0 saturated heterocycles. The van der Waals surface area contributed by atoms with E-state index in [0.29, 0.717) is 17.9 Å². The van der Waals surface area contributed by atoms with E-state index in [1.54, 1.807) is 7.11 Å². The molecule has 2 N–H and O–H groups in total. The monoisotopic (exact) mass is 294 g/mol. The SMILES string of the molecule is COc1ccc(C)cc1NC(=O)Cc1c[nH]c2ccccc12. The van der Waals surface area contributed by atoms with Gasteiger partial charge in [-0.3, -0.25) is 4.79 Å². The Morgan fingerprint density at radius 1 is 1.23 bits per heavy atom. The van der Waals surface area contributed by atoms with Crippen LogP contribution in [-0.2, 0) is 11.2 Å². The van der Waals surface area contributed by atoms with Crippen molar-refractivity contribution in [2.75, 3.05) is 12.4 Å². The molecule has 3 rings (SSSR count). The maximum absolute atomic E-state index is 12.3. The average Bonchev–Trinajstić information content (AvgIpc) is 2.91. The molecule has 0 radical (unpaired) electrons. The van der Waals surface area contributed by atoms with Crippen molar-refractivity contribution in [2.45, 2.75) is 13.3 Å². The van der Waals surface area contributed by atoms with E-state index in [1.165, 1.54) is 0 Å². The summed E-state index contributed by atoms with van der Waals surface area (Å²) in [5.74, 6) is 0.603. The zero-order valence-electron chi connectivity index (χ0n) is 12.6. The van der Waals surface area contributed by atoms with E-state index in [1.807, 2.05) is 55.6 Å². The molecule has 1 heterocycles. The molecule has 0 aliphatic carbocycles. The number of hydrogen-bond acceptors (Lipinski definition) is 2. The molecule has 1 aromatic heterocycles. The number of aromatic nitrogens is 1. The van der Waals surface area contributed by atoms with Gasteiger partial charge in [-0.1, -0.05) is 24.3 Å². The van der Waals surface area contributed by atoms with Crippen LogP contribution in [0, 0.1) is 6.92 Å². The van der Waals surface area contributed by atoms with Gasteiger partial charge in [0.2, 0.25) is 5.91 Å². The number of nitrogens with one attached hydrogen (secondary N) is 2. The van der Waals surface area contributed by atoms with E-state index in [9.17, 15) is 4.79 Å². The molecule has 0 fully saturated rings. The number of methoxy groups -OCH3 is 1. The maximum atomic E-state index is 12.3. The fraction of sp³-hybridized carbons (Fsp3) is 0.167. The number of aryl methyl sites for hydroxylation is 1. The number of hydrogen-bond donors (Lipinski definition) is 2. The minimum absolute atomic E-state index is 0.0614. The highest BCUT2D eigenvalue weighted by Gasteiger charge is 2.11. The van der Waals surface area contributed by atoms with Crippen LogP contribution in [0.25, 0.3) is 10.9 Å². The maximum Gasteiger partial charge on any atom is 0.228 e. The minimum Gasteiger partial charge on any atom is -0.495 e. The normalized spacial score (nSPS) is 10.6. The van der Waals surface area contributed by atoms with Gasteiger partial charge in [0.05, 0.1) is 19.2 Å². The summed E-state index contributed by atoms with van der Waals surface area (Å²) < 4.78 is 5.29. The molecule has 1 amide bonds. The number of rotatable bonds is 4. The van der Waals surface area contributed by atoms with Gasteiger partial charge in [-0.15, -0.1) is 0 Å². The Morgan fingerprint density at radius 2 is 2.05 bits per heavy atom. The fourth-order valence-corrected chi connectivity index (χ4v) is 2.56. The molecule has 3 aromatic rings. The van der Waals surface area contributed by atoms with Crippen molar-refractivity contribution in [3.05, 3.63) is 59.8 Å². The first-order valence-corrected chi connectivity index (χ1v) is 7.17. The molecule has 4 nitrogen and oxygen atoms in total. The fourth-order valence-electron chi connectivity index (χ4n) is 2.56. The van der Waals surface area contributed by atoms with Crippen LogP contribution in [0.15, 0.2) is 48.7 Å². The number of fused-ring (bicyclic) bond motifs is 1. The Hall–Kier alpha value is -2.75. The molecule has 0 aliphatic rings. The van der Waals surface area contributed by atoms with Crippen molar-refractivity contribution in [2.24, 2.45) is 0 Å². The number of carbonyl (C=O) groups is 1. The molecule has 112 valence electrons. The van der Waals surface area contributed by atoms with Gasteiger partial charge >= 0.3 is 0 Å². The van der Waals surface area contributed by atoms with Gasteiger partial charge in [0.1, 0.15) is 5.75 Å². The van der Waals surface area contributed by atoms with Crippen LogP contribution < -0.4 is 10.1 Å². The zero-order chi connectivity index (χ0) is 15.5.